The summed E-state index contributed by atoms with van der Waals surface area (Å²) in [6.07, 6.45) is 2.17. The van der Waals surface area contributed by atoms with Crippen molar-refractivity contribution >= 4 is 25.6 Å². The maximum atomic E-state index is 11.6. The van der Waals surface area contributed by atoms with Crippen molar-refractivity contribution in [2.24, 2.45) is 5.92 Å². The maximum Gasteiger partial charge on any atom is 0.267 e. The number of carbonyl (C=O) groups excluding carboxylic acids is 1. The van der Waals surface area contributed by atoms with Crippen LogP contribution in [0.2, 0.25) is 0 Å². The Balaban J connectivity index is 2.10. The van der Waals surface area contributed by atoms with E-state index in [-0.39, 0.29) is 22.5 Å². The third-order valence-corrected chi connectivity index (χ3v) is 3.94. The fourth-order valence-corrected chi connectivity index (χ4v) is 2.14. The third-order valence-electron chi connectivity index (χ3n) is 2.61. The van der Waals surface area contributed by atoms with Gasteiger partial charge in [0.05, 0.1) is 0 Å². The highest BCUT2D eigenvalue weighted by Gasteiger charge is 2.34. The van der Waals surface area contributed by atoms with Crippen molar-refractivity contribution in [3.05, 3.63) is 18.0 Å². The number of halogens is 1. The van der Waals surface area contributed by atoms with Crippen molar-refractivity contribution in [2.75, 3.05) is 0 Å². The van der Waals surface area contributed by atoms with Crippen LogP contribution in [-0.4, -0.2) is 25.4 Å². The molecule has 0 spiro atoms. The van der Waals surface area contributed by atoms with Crippen LogP contribution in [0.15, 0.2) is 17.2 Å². The van der Waals surface area contributed by atoms with Crippen molar-refractivity contribution in [1.82, 2.24) is 10.3 Å². The fourth-order valence-electron chi connectivity index (χ4n) is 1.42. The summed E-state index contributed by atoms with van der Waals surface area (Å²) >= 11 is 0. The molecule has 88 valence electrons. The highest BCUT2D eigenvalue weighted by molar-refractivity contribution is 8.13. The Morgan fingerprint density at radius 1 is 1.62 bits per heavy atom. The molecule has 2 rings (SSSR count). The average Bonchev–Trinajstić information content (AvgIpc) is 2.70. The molecule has 0 aromatic carbocycles. The van der Waals surface area contributed by atoms with E-state index in [0.717, 1.165) is 6.42 Å². The first-order valence-corrected chi connectivity index (χ1v) is 7.13. The quantitative estimate of drug-likeness (QED) is 0.800. The van der Waals surface area contributed by atoms with Crippen molar-refractivity contribution < 1.29 is 13.2 Å². The molecule has 2 unspecified atom stereocenters. The summed E-state index contributed by atoms with van der Waals surface area (Å²) in [5.41, 5.74) is 0.207. The van der Waals surface area contributed by atoms with Crippen molar-refractivity contribution in [3.63, 3.8) is 0 Å². The second kappa shape index (κ2) is 3.78. The summed E-state index contributed by atoms with van der Waals surface area (Å²) in [6, 6.07) is 1.43. The number of aromatic nitrogens is 1. The van der Waals surface area contributed by atoms with E-state index in [2.05, 4.69) is 10.3 Å². The molecule has 16 heavy (non-hydrogen) atoms. The number of carbonyl (C=O) groups is 1. The van der Waals surface area contributed by atoms with E-state index < -0.39 is 9.05 Å². The van der Waals surface area contributed by atoms with Gasteiger partial charge in [0.1, 0.15) is 10.6 Å². The van der Waals surface area contributed by atoms with E-state index in [1.165, 1.54) is 12.3 Å². The summed E-state index contributed by atoms with van der Waals surface area (Å²) in [4.78, 5) is 14.1. The van der Waals surface area contributed by atoms with Crippen molar-refractivity contribution in [3.8, 4) is 0 Å². The molecule has 1 heterocycles. The molecule has 5 nitrogen and oxygen atoms in total. The number of aromatic amines is 1. The van der Waals surface area contributed by atoms with E-state index in [4.69, 9.17) is 10.7 Å². The zero-order chi connectivity index (χ0) is 11.9. The molecule has 2 N–H and O–H groups in total. The molecule has 1 aromatic rings. The lowest BCUT2D eigenvalue weighted by molar-refractivity contribution is 0.0945. The Hall–Kier alpha value is -1.01. The molecule has 0 aliphatic heterocycles. The molecule has 0 bridgehead atoms. The van der Waals surface area contributed by atoms with Crippen LogP contribution in [0, 0.1) is 5.92 Å². The van der Waals surface area contributed by atoms with Gasteiger partial charge in [-0.25, -0.2) is 8.42 Å². The molecular formula is C9H11ClN2O3S. The number of H-pyrrole nitrogens is 1. The summed E-state index contributed by atoms with van der Waals surface area (Å²) in [7, 11) is 1.36. The Morgan fingerprint density at radius 2 is 2.25 bits per heavy atom. The van der Waals surface area contributed by atoms with Crippen LogP contribution in [0.3, 0.4) is 0 Å². The van der Waals surface area contributed by atoms with E-state index in [0.29, 0.717) is 5.92 Å². The van der Waals surface area contributed by atoms with Crippen LogP contribution in [0.5, 0.6) is 0 Å². The molecule has 2 atom stereocenters. The number of nitrogens with one attached hydrogen (secondary N) is 2. The van der Waals surface area contributed by atoms with Crippen LogP contribution in [0.1, 0.15) is 23.8 Å². The van der Waals surface area contributed by atoms with Crippen LogP contribution in [0.25, 0.3) is 0 Å². The lowest BCUT2D eigenvalue weighted by Crippen LogP contribution is -2.26. The minimum atomic E-state index is -3.78. The molecule has 7 heteroatoms. The van der Waals surface area contributed by atoms with Gasteiger partial charge in [-0.15, -0.1) is 0 Å². The van der Waals surface area contributed by atoms with Crippen LogP contribution in [0.4, 0.5) is 0 Å². The summed E-state index contributed by atoms with van der Waals surface area (Å²) in [5.74, 6) is 0.191. The normalized spacial score (nSPS) is 24.1. The smallest absolute Gasteiger partial charge is 0.267 e. The van der Waals surface area contributed by atoms with E-state index in [1.807, 2.05) is 6.92 Å². The number of hydrogen-bond acceptors (Lipinski definition) is 3. The molecule has 1 fully saturated rings. The largest absolute Gasteiger partial charge is 0.356 e. The first kappa shape index (κ1) is 11.5. The molecule has 1 saturated carbocycles. The van der Waals surface area contributed by atoms with E-state index in [1.54, 1.807) is 0 Å². The van der Waals surface area contributed by atoms with Gasteiger partial charge in [0, 0.05) is 22.9 Å². The van der Waals surface area contributed by atoms with Gasteiger partial charge in [0.25, 0.3) is 15.0 Å². The molecular weight excluding hydrogens is 252 g/mol. The summed E-state index contributed by atoms with van der Waals surface area (Å²) in [5, 5.41) is 2.78. The maximum absolute atomic E-state index is 11.6. The number of amides is 1. The molecule has 1 aliphatic carbocycles. The summed E-state index contributed by atoms with van der Waals surface area (Å²) in [6.45, 7) is 2.04. The van der Waals surface area contributed by atoms with Gasteiger partial charge in [0.2, 0.25) is 0 Å². The Morgan fingerprint density at radius 3 is 2.69 bits per heavy atom. The van der Waals surface area contributed by atoms with Crippen LogP contribution in [-0.2, 0) is 9.05 Å². The second-order valence-electron chi connectivity index (χ2n) is 3.98. The monoisotopic (exact) mass is 262 g/mol. The standard InChI is InChI=1S/C9H11ClN2O3S/c1-5-2-7(5)12-9(13)8-3-6(4-11-8)16(10,14)15/h3-5,7,11H,2H2,1H3,(H,12,13). The van der Waals surface area contributed by atoms with Gasteiger partial charge in [-0.2, -0.15) is 0 Å². The van der Waals surface area contributed by atoms with Crippen molar-refractivity contribution in [2.45, 2.75) is 24.3 Å². The Bertz CT molecular complexity index is 523. The zero-order valence-electron chi connectivity index (χ0n) is 8.53. The first-order chi connectivity index (χ1) is 7.38. The van der Waals surface area contributed by atoms with Crippen molar-refractivity contribution in [1.29, 1.82) is 0 Å². The SMILES string of the molecule is CC1CC1NC(=O)c1cc(S(=O)(=O)Cl)c[nH]1. The Kier molecular flexibility index (Phi) is 2.71. The van der Waals surface area contributed by atoms with Gasteiger partial charge >= 0.3 is 0 Å². The predicted octanol–water partition coefficient (Wildman–Crippen LogP) is 1.08. The molecule has 1 aliphatic rings. The lowest BCUT2D eigenvalue weighted by Gasteiger charge is -2.00. The molecule has 0 saturated heterocycles. The van der Waals surface area contributed by atoms with Crippen LogP contribution >= 0.6 is 10.7 Å². The minimum Gasteiger partial charge on any atom is -0.356 e. The van der Waals surface area contributed by atoms with E-state index in [9.17, 15) is 13.2 Å². The lowest BCUT2D eigenvalue weighted by atomic mass is 10.4. The topological polar surface area (TPSA) is 79.0 Å². The first-order valence-electron chi connectivity index (χ1n) is 4.82. The van der Waals surface area contributed by atoms with Gasteiger partial charge < -0.3 is 10.3 Å². The Labute approximate surface area is 97.6 Å². The average molecular weight is 263 g/mol. The molecule has 1 amide bonds. The zero-order valence-corrected chi connectivity index (χ0v) is 10.1. The highest BCUT2D eigenvalue weighted by Crippen LogP contribution is 2.29. The fraction of sp³-hybridized carbons (Fsp3) is 0.444. The molecule has 1 aromatic heterocycles. The number of hydrogen-bond donors (Lipinski definition) is 2. The van der Waals surface area contributed by atoms with Gasteiger partial charge in [-0.1, -0.05) is 6.92 Å². The van der Waals surface area contributed by atoms with Gasteiger partial charge in [0.15, 0.2) is 0 Å². The third kappa shape index (κ3) is 2.38. The highest BCUT2D eigenvalue weighted by atomic mass is 35.7. The van der Waals surface area contributed by atoms with Crippen LogP contribution < -0.4 is 5.32 Å². The van der Waals surface area contributed by atoms with E-state index >= 15 is 0 Å². The summed E-state index contributed by atoms with van der Waals surface area (Å²) < 4.78 is 21.9. The van der Waals surface area contributed by atoms with Gasteiger partial charge in [-0.3, -0.25) is 4.79 Å². The van der Waals surface area contributed by atoms with Gasteiger partial charge in [-0.05, 0) is 18.4 Å². The second-order valence-corrected chi connectivity index (χ2v) is 6.55. The molecule has 0 radical (unpaired) electrons. The number of rotatable bonds is 3. The predicted molar refractivity (Wildman–Crippen MR) is 58.9 cm³/mol. The minimum absolute atomic E-state index is 0.0943.